The molecule has 28 heavy (non-hydrogen) atoms. The molecule has 1 aliphatic heterocycles. The van der Waals surface area contributed by atoms with Crippen LogP contribution in [0.1, 0.15) is 37.5 Å². The van der Waals surface area contributed by atoms with Gasteiger partial charge in [-0.2, -0.15) is 0 Å². The molecule has 2 N–H and O–H groups in total. The Labute approximate surface area is 164 Å². The molecule has 7 heteroatoms. The Morgan fingerprint density at radius 2 is 2.00 bits per heavy atom. The second-order valence-electron chi connectivity index (χ2n) is 7.04. The highest BCUT2D eigenvalue weighted by molar-refractivity contribution is 6.04. The third-order valence-electron chi connectivity index (χ3n) is 4.78. The monoisotopic (exact) mass is 383 g/mol. The zero-order valence-electron chi connectivity index (χ0n) is 15.9. The molecule has 0 unspecified atom stereocenters. The van der Waals surface area contributed by atoms with E-state index in [1.54, 1.807) is 12.1 Å². The van der Waals surface area contributed by atoms with Crippen molar-refractivity contribution in [2.45, 2.75) is 51.2 Å². The van der Waals surface area contributed by atoms with Crippen molar-refractivity contribution in [2.75, 3.05) is 0 Å². The predicted molar refractivity (Wildman–Crippen MR) is 103 cm³/mol. The van der Waals surface area contributed by atoms with Crippen LogP contribution < -0.4 is 10.6 Å². The van der Waals surface area contributed by atoms with Gasteiger partial charge in [0.1, 0.15) is 11.8 Å². The third-order valence-corrected chi connectivity index (χ3v) is 4.78. The summed E-state index contributed by atoms with van der Waals surface area (Å²) in [6, 6.07) is 12.4. The highest BCUT2D eigenvalue weighted by atomic mass is 16.3. The van der Waals surface area contributed by atoms with Gasteiger partial charge in [0.15, 0.2) is 0 Å². The molecule has 3 rings (SSSR count). The topological polar surface area (TPSA) is 91.7 Å². The highest BCUT2D eigenvalue weighted by Crippen LogP contribution is 2.15. The van der Waals surface area contributed by atoms with Crippen LogP contribution in [0.25, 0.3) is 0 Å². The summed E-state index contributed by atoms with van der Waals surface area (Å²) in [6.07, 6.45) is 3.68. The average Bonchev–Trinajstić information content (AvgIpc) is 3.29. The van der Waals surface area contributed by atoms with Crippen LogP contribution in [0.2, 0.25) is 0 Å². The first-order chi connectivity index (χ1) is 13.5. The molecule has 0 bridgehead atoms. The van der Waals surface area contributed by atoms with E-state index < -0.39 is 12.1 Å². The van der Waals surface area contributed by atoms with Crippen molar-refractivity contribution in [3.63, 3.8) is 0 Å². The molecule has 1 aromatic carbocycles. The van der Waals surface area contributed by atoms with Crippen molar-refractivity contribution in [2.24, 2.45) is 0 Å². The minimum atomic E-state index is -0.673. The van der Waals surface area contributed by atoms with Gasteiger partial charge in [0.2, 0.25) is 5.91 Å². The maximum Gasteiger partial charge on any atom is 0.325 e. The summed E-state index contributed by atoms with van der Waals surface area (Å²) in [5.41, 5.74) is 1.24. The number of furan rings is 1. The summed E-state index contributed by atoms with van der Waals surface area (Å²) in [5, 5.41) is 5.59. The molecule has 0 spiro atoms. The lowest BCUT2D eigenvalue weighted by Crippen LogP contribution is -2.35. The van der Waals surface area contributed by atoms with Gasteiger partial charge in [-0.15, -0.1) is 0 Å². The number of benzene rings is 1. The number of nitrogens with one attached hydrogen (secondary N) is 2. The SMILES string of the molecule is C[C@H](CCc1ccccc1)NC(=O)CC[C@H]1NC(=O)N(Cc2ccco2)C1=O. The van der Waals surface area contributed by atoms with Crippen LogP contribution in [0.5, 0.6) is 0 Å². The molecular formula is C21H25N3O4. The molecule has 2 aromatic rings. The van der Waals surface area contributed by atoms with Crippen molar-refractivity contribution in [1.29, 1.82) is 0 Å². The van der Waals surface area contributed by atoms with Crippen LogP contribution in [0.15, 0.2) is 53.1 Å². The molecular weight excluding hydrogens is 358 g/mol. The van der Waals surface area contributed by atoms with Gasteiger partial charge in [-0.05, 0) is 43.9 Å². The maximum absolute atomic E-state index is 12.4. The molecule has 4 amide bonds. The lowest BCUT2D eigenvalue weighted by Gasteiger charge is -2.15. The summed E-state index contributed by atoms with van der Waals surface area (Å²) < 4.78 is 5.19. The Morgan fingerprint density at radius 1 is 1.21 bits per heavy atom. The predicted octanol–water partition coefficient (Wildman–Crippen LogP) is 2.62. The molecule has 0 aliphatic carbocycles. The first kappa shape index (κ1) is 19.7. The Hall–Kier alpha value is -3.09. The quantitative estimate of drug-likeness (QED) is 0.651. The van der Waals surface area contributed by atoms with E-state index in [0.29, 0.717) is 5.76 Å². The number of rotatable bonds is 9. The number of amides is 4. The van der Waals surface area contributed by atoms with Crippen molar-refractivity contribution in [3.8, 4) is 0 Å². The van der Waals surface area contributed by atoms with E-state index in [1.165, 1.54) is 11.8 Å². The van der Waals surface area contributed by atoms with Crippen LogP contribution in [-0.4, -0.2) is 34.8 Å². The lowest BCUT2D eigenvalue weighted by atomic mass is 10.1. The van der Waals surface area contributed by atoms with Crippen LogP contribution in [-0.2, 0) is 22.6 Å². The van der Waals surface area contributed by atoms with Gasteiger partial charge in [0, 0.05) is 12.5 Å². The number of urea groups is 1. The van der Waals surface area contributed by atoms with Crippen molar-refractivity contribution >= 4 is 17.8 Å². The highest BCUT2D eigenvalue weighted by Gasteiger charge is 2.38. The Bertz CT molecular complexity index is 804. The van der Waals surface area contributed by atoms with Gasteiger partial charge < -0.3 is 15.1 Å². The molecule has 2 heterocycles. The molecule has 0 saturated carbocycles. The molecule has 1 fully saturated rings. The summed E-state index contributed by atoms with van der Waals surface area (Å²) in [5.74, 6) is 0.0903. The van der Waals surface area contributed by atoms with Gasteiger partial charge in [0.25, 0.3) is 5.91 Å². The number of hydrogen-bond acceptors (Lipinski definition) is 4. The molecule has 2 atom stereocenters. The van der Waals surface area contributed by atoms with Crippen molar-refractivity contribution < 1.29 is 18.8 Å². The number of carbonyl (C=O) groups excluding carboxylic acids is 3. The van der Waals surface area contributed by atoms with Crippen molar-refractivity contribution in [3.05, 3.63) is 60.1 Å². The lowest BCUT2D eigenvalue weighted by molar-refractivity contribution is -0.128. The smallest absolute Gasteiger partial charge is 0.325 e. The summed E-state index contributed by atoms with van der Waals surface area (Å²) >= 11 is 0. The molecule has 1 aromatic heterocycles. The average molecular weight is 383 g/mol. The fourth-order valence-electron chi connectivity index (χ4n) is 3.20. The van der Waals surface area contributed by atoms with E-state index >= 15 is 0 Å². The van der Waals surface area contributed by atoms with Crippen molar-refractivity contribution in [1.82, 2.24) is 15.5 Å². The van der Waals surface area contributed by atoms with Gasteiger partial charge in [-0.3, -0.25) is 14.5 Å². The summed E-state index contributed by atoms with van der Waals surface area (Å²) in [7, 11) is 0. The normalized spacial score (nSPS) is 17.5. The largest absolute Gasteiger partial charge is 0.467 e. The maximum atomic E-state index is 12.4. The van der Waals surface area contributed by atoms with Crippen LogP contribution in [0.3, 0.4) is 0 Å². The summed E-state index contributed by atoms with van der Waals surface area (Å²) in [4.78, 5) is 37.7. The Balaban J connectivity index is 1.40. The number of imide groups is 1. The van der Waals surface area contributed by atoms with Crippen LogP contribution in [0.4, 0.5) is 4.79 Å². The Morgan fingerprint density at radius 3 is 2.71 bits per heavy atom. The van der Waals surface area contributed by atoms with E-state index in [4.69, 9.17) is 4.42 Å². The van der Waals surface area contributed by atoms with Crippen LogP contribution in [0, 0.1) is 0 Å². The van der Waals surface area contributed by atoms with E-state index in [9.17, 15) is 14.4 Å². The van der Waals surface area contributed by atoms with Gasteiger partial charge in [-0.1, -0.05) is 30.3 Å². The standard InChI is InChI=1S/C21H25N3O4/c1-15(9-10-16-6-3-2-4-7-16)22-19(25)12-11-18-20(26)24(21(27)23-18)14-17-8-5-13-28-17/h2-8,13,15,18H,9-12,14H2,1H3,(H,22,25)(H,23,27)/t15-,18-/m1/s1. The zero-order valence-corrected chi connectivity index (χ0v) is 15.9. The number of aryl methyl sites for hydroxylation is 1. The fourth-order valence-corrected chi connectivity index (χ4v) is 3.20. The van der Waals surface area contributed by atoms with E-state index in [0.717, 1.165) is 17.7 Å². The zero-order chi connectivity index (χ0) is 19.9. The van der Waals surface area contributed by atoms with Gasteiger partial charge >= 0.3 is 6.03 Å². The van der Waals surface area contributed by atoms with Gasteiger partial charge in [0.05, 0.1) is 12.8 Å². The molecule has 1 saturated heterocycles. The first-order valence-corrected chi connectivity index (χ1v) is 9.50. The molecule has 0 radical (unpaired) electrons. The molecule has 7 nitrogen and oxygen atoms in total. The minimum absolute atomic E-state index is 0.0389. The summed E-state index contributed by atoms with van der Waals surface area (Å²) in [6.45, 7) is 2.06. The second kappa shape index (κ2) is 9.21. The van der Waals surface area contributed by atoms with Gasteiger partial charge in [-0.25, -0.2) is 4.79 Å². The number of nitrogens with zero attached hydrogens (tertiary/aromatic N) is 1. The third kappa shape index (κ3) is 5.22. The second-order valence-corrected chi connectivity index (χ2v) is 7.04. The minimum Gasteiger partial charge on any atom is -0.467 e. The first-order valence-electron chi connectivity index (χ1n) is 9.50. The molecule has 1 aliphatic rings. The Kier molecular flexibility index (Phi) is 6.47. The number of hydrogen-bond donors (Lipinski definition) is 2. The number of carbonyl (C=O) groups is 3. The van der Waals surface area contributed by atoms with Crippen LogP contribution >= 0.6 is 0 Å². The van der Waals surface area contributed by atoms with E-state index in [-0.39, 0.29) is 37.2 Å². The fraction of sp³-hybridized carbons (Fsp3) is 0.381. The van der Waals surface area contributed by atoms with E-state index in [1.807, 2.05) is 25.1 Å². The molecule has 148 valence electrons. The van der Waals surface area contributed by atoms with E-state index in [2.05, 4.69) is 22.8 Å².